The minimum absolute atomic E-state index is 0.000447. The first-order valence-corrected chi connectivity index (χ1v) is 10.7. The molecule has 0 saturated carbocycles. The highest BCUT2D eigenvalue weighted by molar-refractivity contribution is 6.15. The molecule has 0 spiro atoms. The van der Waals surface area contributed by atoms with Gasteiger partial charge in [-0.1, -0.05) is 45.0 Å². The van der Waals surface area contributed by atoms with Gasteiger partial charge >= 0.3 is 5.97 Å². The molecule has 1 heterocycles. The van der Waals surface area contributed by atoms with E-state index in [4.69, 9.17) is 14.2 Å². The molecule has 0 unspecified atom stereocenters. The number of allylic oxidation sites excluding steroid dienone is 1. The Morgan fingerprint density at radius 1 is 0.939 bits per heavy atom. The van der Waals surface area contributed by atoms with E-state index < -0.39 is 5.97 Å². The quantitative estimate of drug-likeness (QED) is 0.276. The molecule has 3 aromatic carbocycles. The lowest BCUT2D eigenvalue weighted by Crippen LogP contribution is -2.13. The van der Waals surface area contributed by atoms with Crippen molar-refractivity contribution < 1.29 is 23.8 Å². The summed E-state index contributed by atoms with van der Waals surface area (Å²) in [6.45, 7) is 8.15. The van der Waals surface area contributed by atoms with Gasteiger partial charge in [0.25, 0.3) is 0 Å². The van der Waals surface area contributed by atoms with Crippen molar-refractivity contribution in [3.63, 3.8) is 0 Å². The number of rotatable bonds is 4. The Kier molecular flexibility index (Phi) is 5.81. The second-order valence-electron chi connectivity index (χ2n) is 9.04. The summed E-state index contributed by atoms with van der Waals surface area (Å²) in [6, 6.07) is 18.0. The van der Waals surface area contributed by atoms with Gasteiger partial charge < -0.3 is 14.2 Å². The van der Waals surface area contributed by atoms with Crippen molar-refractivity contribution in [3.05, 3.63) is 94.2 Å². The van der Waals surface area contributed by atoms with Crippen LogP contribution in [-0.2, 0) is 5.41 Å². The van der Waals surface area contributed by atoms with E-state index in [2.05, 4.69) is 20.8 Å². The maximum atomic E-state index is 12.9. The monoisotopic (exact) mass is 442 g/mol. The van der Waals surface area contributed by atoms with E-state index in [1.165, 1.54) is 0 Å². The van der Waals surface area contributed by atoms with Gasteiger partial charge in [-0.3, -0.25) is 4.79 Å². The van der Waals surface area contributed by atoms with Gasteiger partial charge in [0, 0.05) is 6.07 Å². The number of esters is 1. The van der Waals surface area contributed by atoms with E-state index in [-0.39, 0.29) is 17.0 Å². The molecule has 1 aliphatic rings. The van der Waals surface area contributed by atoms with Gasteiger partial charge in [-0.25, -0.2) is 4.79 Å². The molecule has 1 aliphatic heterocycles. The third-order valence-corrected chi connectivity index (χ3v) is 5.55. The Balaban J connectivity index is 1.54. The number of benzene rings is 3. The summed E-state index contributed by atoms with van der Waals surface area (Å²) in [4.78, 5) is 25.5. The average Bonchev–Trinajstić information content (AvgIpc) is 3.09. The number of hydrogen-bond donors (Lipinski definition) is 0. The van der Waals surface area contributed by atoms with Crippen molar-refractivity contribution in [2.75, 3.05) is 7.11 Å². The normalized spacial score (nSPS) is 14.1. The van der Waals surface area contributed by atoms with Crippen LogP contribution in [0.5, 0.6) is 17.2 Å². The van der Waals surface area contributed by atoms with Crippen LogP contribution in [0.3, 0.4) is 0 Å². The zero-order chi connectivity index (χ0) is 23.8. The number of fused-ring (bicyclic) bond motifs is 1. The summed E-state index contributed by atoms with van der Waals surface area (Å²) in [6.07, 6.45) is 1.68. The summed E-state index contributed by atoms with van der Waals surface area (Å²) in [7, 11) is 1.60. The van der Waals surface area contributed by atoms with E-state index in [0.29, 0.717) is 28.2 Å². The molecule has 5 heteroatoms. The molecular formula is C28H26O5. The molecule has 0 bridgehead atoms. The predicted octanol–water partition coefficient (Wildman–Crippen LogP) is 6.14. The number of Topliss-reactive ketones (excluding diaryl/α,β-unsaturated/α-hetero) is 1. The van der Waals surface area contributed by atoms with Gasteiger partial charge in [-0.2, -0.15) is 0 Å². The molecule has 0 fully saturated rings. The lowest BCUT2D eigenvalue weighted by atomic mass is 9.87. The van der Waals surface area contributed by atoms with Gasteiger partial charge in [0.05, 0.1) is 18.2 Å². The third kappa shape index (κ3) is 4.67. The van der Waals surface area contributed by atoms with E-state index >= 15 is 0 Å². The lowest BCUT2D eigenvalue weighted by Gasteiger charge is -2.18. The minimum atomic E-state index is -0.465. The summed E-state index contributed by atoms with van der Waals surface area (Å²) in [5.74, 6) is 0.997. The standard InChI is InChI=1S/C28H26O5/c1-17-14-22(32-27(30)19-8-10-20(11-9-19)28(2,3)4)16-23-25(17)26(29)24(33-23)15-18-6-12-21(31-5)13-7-18/h6-16H,1-5H3/b24-15-. The number of aryl methyl sites for hydroxylation is 1. The molecule has 0 atom stereocenters. The van der Waals surface area contributed by atoms with Gasteiger partial charge in [0.2, 0.25) is 5.78 Å². The van der Waals surface area contributed by atoms with Crippen LogP contribution in [0.25, 0.3) is 6.08 Å². The lowest BCUT2D eigenvalue weighted by molar-refractivity contribution is 0.0734. The SMILES string of the molecule is COc1ccc(/C=C2\Oc3cc(OC(=O)c4ccc(C(C)(C)C)cc4)cc(C)c3C2=O)cc1. The number of hydrogen-bond acceptors (Lipinski definition) is 5. The number of methoxy groups -OCH3 is 1. The van der Waals surface area contributed by atoms with Gasteiger partial charge in [0.1, 0.15) is 17.2 Å². The highest BCUT2D eigenvalue weighted by Crippen LogP contribution is 2.38. The molecule has 0 N–H and O–H groups in total. The summed E-state index contributed by atoms with van der Waals surface area (Å²) in [5, 5.41) is 0. The Morgan fingerprint density at radius 3 is 2.21 bits per heavy atom. The van der Waals surface area contributed by atoms with Crippen LogP contribution in [-0.4, -0.2) is 18.9 Å². The molecular weight excluding hydrogens is 416 g/mol. The van der Waals surface area contributed by atoms with E-state index in [0.717, 1.165) is 16.9 Å². The summed E-state index contributed by atoms with van der Waals surface area (Å²) in [5.41, 5.74) is 3.56. The first kappa shape index (κ1) is 22.3. The largest absolute Gasteiger partial charge is 0.497 e. The first-order chi connectivity index (χ1) is 15.7. The molecule has 0 radical (unpaired) electrons. The number of ketones is 1. The van der Waals surface area contributed by atoms with Crippen LogP contribution >= 0.6 is 0 Å². The van der Waals surface area contributed by atoms with Gasteiger partial charge in [-0.05, 0) is 65.4 Å². The fraction of sp³-hybridized carbons (Fsp3) is 0.214. The zero-order valence-electron chi connectivity index (χ0n) is 19.4. The van der Waals surface area contributed by atoms with Crippen LogP contribution in [0.15, 0.2) is 66.4 Å². The van der Waals surface area contributed by atoms with E-state index in [9.17, 15) is 9.59 Å². The zero-order valence-corrected chi connectivity index (χ0v) is 19.4. The molecule has 3 aromatic rings. The van der Waals surface area contributed by atoms with Crippen molar-refractivity contribution in [2.24, 2.45) is 0 Å². The Morgan fingerprint density at radius 2 is 1.61 bits per heavy atom. The van der Waals surface area contributed by atoms with Crippen molar-refractivity contribution in [2.45, 2.75) is 33.1 Å². The predicted molar refractivity (Wildman–Crippen MR) is 127 cm³/mol. The first-order valence-electron chi connectivity index (χ1n) is 10.7. The number of carbonyl (C=O) groups excluding carboxylic acids is 2. The molecule has 0 saturated heterocycles. The molecule has 0 amide bonds. The maximum Gasteiger partial charge on any atom is 0.343 e. The molecule has 0 aliphatic carbocycles. The highest BCUT2D eigenvalue weighted by Gasteiger charge is 2.30. The van der Waals surface area contributed by atoms with Gasteiger partial charge in [-0.15, -0.1) is 0 Å². The fourth-order valence-electron chi connectivity index (χ4n) is 3.66. The van der Waals surface area contributed by atoms with Gasteiger partial charge in [0.15, 0.2) is 5.76 Å². The molecule has 0 aromatic heterocycles. The van der Waals surface area contributed by atoms with Crippen molar-refractivity contribution in [1.82, 2.24) is 0 Å². The second kappa shape index (κ2) is 8.58. The minimum Gasteiger partial charge on any atom is -0.497 e. The maximum absolute atomic E-state index is 12.9. The van der Waals surface area contributed by atoms with Crippen molar-refractivity contribution in [1.29, 1.82) is 0 Å². The van der Waals surface area contributed by atoms with Crippen LogP contribution in [0.4, 0.5) is 0 Å². The van der Waals surface area contributed by atoms with Crippen LogP contribution in [0, 0.1) is 6.92 Å². The van der Waals surface area contributed by atoms with Crippen LogP contribution in [0.2, 0.25) is 0 Å². The number of ether oxygens (including phenoxy) is 3. The smallest absolute Gasteiger partial charge is 0.343 e. The average molecular weight is 443 g/mol. The molecule has 33 heavy (non-hydrogen) atoms. The summed E-state index contributed by atoms with van der Waals surface area (Å²) >= 11 is 0. The highest BCUT2D eigenvalue weighted by atomic mass is 16.5. The van der Waals surface area contributed by atoms with E-state index in [1.807, 2.05) is 36.4 Å². The fourth-order valence-corrected chi connectivity index (χ4v) is 3.66. The van der Waals surface area contributed by atoms with E-state index in [1.54, 1.807) is 44.4 Å². The molecule has 168 valence electrons. The molecule has 4 rings (SSSR count). The summed E-state index contributed by atoms with van der Waals surface area (Å²) < 4.78 is 16.6. The Bertz CT molecular complexity index is 1240. The van der Waals surface area contributed by atoms with Crippen LogP contribution in [0.1, 0.15) is 58.2 Å². The topological polar surface area (TPSA) is 61.8 Å². The second-order valence-corrected chi connectivity index (χ2v) is 9.04. The van der Waals surface area contributed by atoms with Crippen LogP contribution < -0.4 is 14.2 Å². The third-order valence-electron chi connectivity index (χ3n) is 5.55. The van der Waals surface area contributed by atoms with Crippen molar-refractivity contribution in [3.8, 4) is 17.2 Å². The molecule has 5 nitrogen and oxygen atoms in total. The number of carbonyl (C=O) groups is 2. The van der Waals surface area contributed by atoms with Crippen molar-refractivity contribution >= 4 is 17.8 Å². The Labute approximate surface area is 193 Å². The Hall–Kier alpha value is -3.86.